The molecule has 2 rings (SSSR count). The third-order valence-electron chi connectivity index (χ3n) is 3.28. The van der Waals surface area contributed by atoms with Gasteiger partial charge in [0.25, 0.3) is 0 Å². The third-order valence-corrected chi connectivity index (χ3v) is 3.28. The first-order chi connectivity index (χ1) is 8.58. The van der Waals surface area contributed by atoms with E-state index in [1.165, 1.54) is 6.33 Å². The highest BCUT2D eigenvalue weighted by molar-refractivity contribution is 5.68. The Morgan fingerprint density at radius 3 is 2.72 bits per heavy atom. The lowest BCUT2D eigenvalue weighted by Gasteiger charge is -2.28. The number of nitrogens with zero attached hydrogens (tertiary/aromatic N) is 3. The van der Waals surface area contributed by atoms with Crippen LogP contribution in [0.15, 0.2) is 6.33 Å². The van der Waals surface area contributed by atoms with Crippen LogP contribution in [0.1, 0.15) is 25.7 Å². The van der Waals surface area contributed by atoms with Crippen molar-refractivity contribution in [1.82, 2.24) is 9.97 Å². The number of aliphatic hydroxyl groups is 1. The van der Waals surface area contributed by atoms with Crippen LogP contribution in [0.25, 0.3) is 0 Å². The summed E-state index contributed by atoms with van der Waals surface area (Å²) in [5.41, 5.74) is 4.61. The molecule has 1 aliphatic carbocycles. The zero-order valence-electron chi connectivity index (χ0n) is 9.80. The van der Waals surface area contributed by atoms with E-state index in [9.17, 15) is 15.2 Å². The number of rotatable bonds is 4. The quantitative estimate of drug-likeness (QED) is 0.531. The van der Waals surface area contributed by atoms with Gasteiger partial charge in [-0.25, -0.2) is 9.97 Å². The van der Waals surface area contributed by atoms with Gasteiger partial charge in [-0.3, -0.25) is 10.1 Å². The molecule has 0 unspecified atom stereocenters. The van der Waals surface area contributed by atoms with Gasteiger partial charge in [-0.2, -0.15) is 0 Å². The molecule has 1 saturated carbocycles. The van der Waals surface area contributed by atoms with Gasteiger partial charge in [0.15, 0.2) is 0 Å². The van der Waals surface area contributed by atoms with Crippen molar-refractivity contribution >= 4 is 17.3 Å². The predicted molar refractivity (Wildman–Crippen MR) is 65.0 cm³/mol. The molecule has 18 heavy (non-hydrogen) atoms. The van der Waals surface area contributed by atoms with Gasteiger partial charge in [0.2, 0.25) is 11.6 Å². The van der Waals surface area contributed by atoms with E-state index >= 15 is 0 Å². The van der Waals surface area contributed by atoms with E-state index in [0.29, 0.717) is 0 Å². The van der Waals surface area contributed by atoms with Crippen molar-refractivity contribution in [2.24, 2.45) is 0 Å². The van der Waals surface area contributed by atoms with Crippen LogP contribution in [0.5, 0.6) is 0 Å². The Morgan fingerprint density at radius 1 is 1.50 bits per heavy atom. The third kappa shape index (κ3) is 2.19. The van der Waals surface area contributed by atoms with Gasteiger partial charge in [-0.15, -0.1) is 0 Å². The molecule has 8 heteroatoms. The number of nitrogen functional groups attached to an aromatic ring is 1. The number of aromatic nitrogens is 2. The van der Waals surface area contributed by atoms with Crippen molar-refractivity contribution in [3.05, 3.63) is 16.4 Å². The summed E-state index contributed by atoms with van der Waals surface area (Å²) >= 11 is 0. The zero-order valence-corrected chi connectivity index (χ0v) is 9.80. The second kappa shape index (κ2) is 4.73. The summed E-state index contributed by atoms with van der Waals surface area (Å²) in [5, 5.41) is 23.4. The lowest BCUT2D eigenvalue weighted by molar-refractivity contribution is -0.383. The molecule has 1 aliphatic rings. The average molecular weight is 253 g/mol. The first-order valence-electron chi connectivity index (χ1n) is 5.72. The molecule has 0 aromatic carbocycles. The Labute approximate surface area is 103 Å². The number of hydrogen-bond acceptors (Lipinski definition) is 7. The molecule has 0 aliphatic heterocycles. The van der Waals surface area contributed by atoms with Gasteiger partial charge in [0.05, 0.1) is 17.1 Å². The Kier molecular flexibility index (Phi) is 3.28. The summed E-state index contributed by atoms with van der Waals surface area (Å²) in [6.45, 7) is -0.0892. The Bertz CT molecular complexity index is 459. The van der Waals surface area contributed by atoms with E-state index in [1.54, 1.807) is 0 Å². The fraction of sp³-hybridized carbons (Fsp3) is 0.600. The molecule has 1 aromatic heterocycles. The van der Waals surface area contributed by atoms with E-state index in [0.717, 1.165) is 25.7 Å². The minimum Gasteiger partial charge on any atom is -0.394 e. The summed E-state index contributed by atoms with van der Waals surface area (Å²) in [5.74, 6) is -0.105. The molecule has 1 aromatic rings. The van der Waals surface area contributed by atoms with Crippen molar-refractivity contribution in [3.8, 4) is 0 Å². The van der Waals surface area contributed by atoms with Crippen LogP contribution < -0.4 is 11.1 Å². The highest BCUT2D eigenvalue weighted by Gasteiger charge is 2.36. The first kappa shape index (κ1) is 12.5. The summed E-state index contributed by atoms with van der Waals surface area (Å²) in [7, 11) is 0. The van der Waals surface area contributed by atoms with Crippen LogP contribution in [0.3, 0.4) is 0 Å². The molecule has 0 amide bonds. The predicted octanol–water partition coefficient (Wildman–Crippen LogP) is 0.684. The second-order valence-electron chi connectivity index (χ2n) is 4.48. The van der Waals surface area contributed by atoms with Crippen LogP contribution in [-0.2, 0) is 0 Å². The first-order valence-corrected chi connectivity index (χ1v) is 5.72. The van der Waals surface area contributed by atoms with Crippen molar-refractivity contribution in [2.75, 3.05) is 17.7 Å². The molecule has 1 heterocycles. The Balaban J connectivity index is 2.34. The van der Waals surface area contributed by atoms with Crippen molar-refractivity contribution < 1.29 is 10.0 Å². The summed E-state index contributed by atoms with van der Waals surface area (Å²) in [6, 6.07) is 0. The van der Waals surface area contributed by atoms with Crippen molar-refractivity contribution in [2.45, 2.75) is 31.2 Å². The molecule has 8 nitrogen and oxygen atoms in total. The summed E-state index contributed by atoms with van der Waals surface area (Å²) in [6.07, 6.45) is 4.63. The molecule has 4 N–H and O–H groups in total. The van der Waals surface area contributed by atoms with E-state index in [1.807, 2.05) is 0 Å². The molecule has 1 fully saturated rings. The monoisotopic (exact) mass is 253 g/mol. The van der Waals surface area contributed by atoms with Crippen LogP contribution in [0.2, 0.25) is 0 Å². The maximum absolute atomic E-state index is 11.0. The molecule has 0 radical (unpaired) electrons. The lowest BCUT2D eigenvalue weighted by Crippen LogP contribution is -2.39. The molecule has 0 atom stereocenters. The number of hydrogen-bond donors (Lipinski definition) is 3. The van der Waals surface area contributed by atoms with Gasteiger partial charge in [-0.1, -0.05) is 12.8 Å². The summed E-state index contributed by atoms with van der Waals surface area (Å²) in [4.78, 5) is 17.8. The highest BCUT2D eigenvalue weighted by atomic mass is 16.6. The molecular formula is C10H15N5O3. The Morgan fingerprint density at radius 2 is 2.17 bits per heavy atom. The zero-order chi connectivity index (χ0) is 13.2. The minimum atomic E-state index is -0.613. The van der Waals surface area contributed by atoms with Crippen molar-refractivity contribution in [3.63, 3.8) is 0 Å². The van der Waals surface area contributed by atoms with Crippen LogP contribution >= 0.6 is 0 Å². The number of nitrogens with two attached hydrogens (primary N) is 1. The standard InChI is InChI=1S/C10H15N5O3/c11-8-7(15(17)18)9(13-6-12-8)14-10(5-16)3-1-2-4-10/h6,16H,1-5H2,(H3,11,12,13,14). The maximum Gasteiger partial charge on any atom is 0.353 e. The summed E-state index contributed by atoms with van der Waals surface area (Å²) < 4.78 is 0. The number of nitro groups is 1. The van der Waals surface area contributed by atoms with E-state index in [2.05, 4.69) is 15.3 Å². The van der Waals surface area contributed by atoms with Crippen molar-refractivity contribution in [1.29, 1.82) is 0 Å². The largest absolute Gasteiger partial charge is 0.394 e. The number of nitrogens with one attached hydrogen (secondary N) is 1. The maximum atomic E-state index is 11.0. The fourth-order valence-corrected chi connectivity index (χ4v) is 2.29. The highest BCUT2D eigenvalue weighted by Crippen LogP contribution is 2.35. The van der Waals surface area contributed by atoms with Crippen LogP contribution in [0, 0.1) is 10.1 Å². The smallest absolute Gasteiger partial charge is 0.353 e. The van der Waals surface area contributed by atoms with Crippen LogP contribution in [0.4, 0.5) is 17.3 Å². The lowest BCUT2D eigenvalue weighted by atomic mass is 9.99. The SMILES string of the molecule is Nc1ncnc(NC2(CO)CCCC2)c1[N+](=O)[O-]. The van der Waals surface area contributed by atoms with Gasteiger partial charge < -0.3 is 16.2 Å². The normalized spacial score (nSPS) is 17.6. The number of aliphatic hydroxyl groups excluding tert-OH is 1. The Hall–Kier alpha value is -1.96. The molecule has 98 valence electrons. The van der Waals surface area contributed by atoms with Gasteiger partial charge in [0, 0.05) is 0 Å². The van der Waals surface area contributed by atoms with Crippen LogP contribution in [-0.4, -0.2) is 32.1 Å². The molecule has 0 bridgehead atoms. The topological polar surface area (TPSA) is 127 Å². The van der Waals surface area contributed by atoms with E-state index in [4.69, 9.17) is 5.73 Å². The second-order valence-corrected chi connectivity index (χ2v) is 4.48. The fourth-order valence-electron chi connectivity index (χ4n) is 2.29. The van der Waals surface area contributed by atoms with E-state index < -0.39 is 10.5 Å². The minimum absolute atomic E-state index is 0.0726. The molecule has 0 spiro atoms. The molecule has 0 saturated heterocycles. The van der Waals surface area contributed by atoms with Gasteiger partial charge in [-0.05, 0) is 12.8 Å². The average Bonchev–Trinajstić information content (AvgIpc) is 2.78. The van der Waals surface area contributed by atoms with E-state index in [-0.39, 0.29) is 23.9 Å². The molecular weight excluding hydrogens is 238 g/mol. The number of anilines is 2. The van der Waals surface area contributed by atoms with Gasteiger partial charge in [0.1, 0.15) is 6.33 Å². The van der Waals surface area contributed by atoms with Gasteiger partial charge >= 0.3 is 5.69 Å².